The molecule has 4 rings (SSSR count). The summed E-state index contributed by atoms with van der Waals surface area (Å²) < 4.78 is 1.71. The van der Waals surface area contributed by atoms with Crippen LogP contribution >= 0.6 is 0 Å². The van der Waals surface area contributed by atoms with Gasteiger partial charge < -0.3 is 10.2 Å². The minimum Gasteiger partial charge on any atom is -0.330 e. The second-order valence-electron chi connectivity index (χ2n) is 7.05. The lowest BCUT2D eigenvalue weighted by molar-refractivity contribution is -0.126. The standard InChI is InChI=1S/C21H23N7O/c1-15-5-3-9-23-20(15)26-21-19(22-10-11-24-21)17-6-4-12-28(17)18(29)8-7-16-13-25-27(2)14-16/h3,5,7-11,13-14,17H,4,6,12H2,1-2H3,(H,23,24,26)/b8-7+. The largest absolute Gasteiger partial charge is 0.330 e. The summed E-state index contributed by atoms with van der Waals surface area (Å²) in [4.78, 5) is 28.1. The molecule has 0 bridgehead atoms. The number of anilines is 2. The minimum atomic E-state index is -0.124. The summed E-state index contributed by atoms with van der Waals surface area (Å²) in [5, 5.41) is 7.41. The molecule has 4 heterocycles. The van der Waals surface area contributed by atoms with Crippen molar-refractivity contribution < 1.29 is 4.79 Å². The van der Waals surface area contributed by atoms with Gasteiger partial charge in [-0.05, 0) is 37.5 Å². The molecular weight excluding hydrogens is 366 g/mol. The average molecular weight is 389 g/mol. The number of carbonyl (C=O) groups is 1. The van der Waals surface area contributed by atoms with E-state index in [2.05, 4.69) is 25.4 Å². The van der Waals surface area contributed by atoms with Gasteiger partial charge in [-0.2, -0.15) is 5.10 Å². The maximum Gasteiger partial charge on any atom is 0.247 e. The first-order chi connectivity index (χ1) is 14.1. The Balaban J connectivity index is 1.56. The Morgan fingerprint density at radius 2 is 2.03 bits per heavy atom. The summed E-state index contributed by atoms with van der Waals surface area (Å²) in [7, 11) is 1.85. The zero-order chi connectivity index (χ0) is 20.2. The summed E-state index contributed by atoms with van der Waals surface area (Å²) in [5.41, 5.74) is 2.67. The average Bonchev–Trinajstić information content (AvgIpc) is 3.37. The van der Waals surface area contributed by atoms with Crippen molar-refractivity contribution >= 4 is 23.6 Å². The number of aromatic nitrogens is 5. The number of likely N-dealkylation sites (tertiary alicyclic amines) is 1. The zero-order valence-electron chi connectivity index (χ0n) is 16.5. The number of amides is 1. The van der Waals surface area contributed by atoms with Gasteiger partial charge in [0.25, 0.3) is 0 Å². The van der Waals surface area contributed by atoms with E-state index in [1.54, 1.807) is 41.6 Å². The second-order valence-corrected chi connectivity index (χ2v) is 7.05. The highest BCUT2D eigenvalue weighted by atomic mass is 16.2. The maximum atomic E-state index is 12.9. The van der Waals surface area contributed by atoms with E-state index in [9.17, 15) is 4.79 Å². The van der Waals surface area contributed by atoms with Gasteiger partial charge in [-0.3, -0.25) is 14.5 Å². The summed E-state index contributed by atoms with van der Waals surface area (Å²) in [5.74, 6) is 1.33. The predicted molar refractivity (Wildman–Crippen MR) is 110 cm³/mol. The Morgan fingerprint density at radius 1 is 1.21 bits per heavy atom. The fourth-order valence-corrected chi connectivity index (χ4v) is 3.52. The first-order valence-electron chi connectivity index (χ1n) is 9.58. The van der Waals surface area contributed by atoms with Crippen molar-refractivity contribution in [2.75, 3.05) is 11.9 Å². The molecule has 0 saturated carbocycles. The normalized spacial score (nSPS) is 16.5. The molecule has 0 radical (unpaired) electrons. The molecule has 1 atom stereocenters. The number of rotatable bonds is 5. The topological polar surface area (TPSA) is 88.8 Å². The molecule has 1 N–H and O–H groups in total. The first kappa shape index (κ1) is 18.8. The lowest BCUT2D eigenvalue weighted by Gasteiger charge is -2.24. The number of pyridine rings is 1. The molecule has 1 aliphatic heterocycles. The Hall–Kier alpha value is -3.55. The van der Waals surface area contributed by atoms with Crippen LogP contribution < -0.4 is 5.32 Å². The van der Waals surface area contributed by atoms with Gasteiger partial charge in [-0.15, -0.1) is 0 Å². The van der Waals surface area contributed by atoms with Crippen LogP contribution in [0.5, 0.6) is 0 Å². The van der Waals surface area contributed by atoms with Gasteiger partial charge in [0.2, 0.25) is 5.91 Å². The van der Waals surface area contributed by atoms with E-state index in [-0.39, 0.29) is 11.9 Å². The molecule has 148 valence electrons. The smallest absolute Gasteiger partial charge is 0.247 e. The zero-order valence-corrected chi connectivity index (χ0v) is 16.5. The van der Waals surface area contributed by atoms with E-state index in [4.69, 9.17) is 0 Å². The highest BCUT2D eigenvalue weighted by Gasteiger charge is 2.32. The predicted octanol–water partition coefficient (Wildman–Crippen LogP) is 3.03. The van der Waals surface area contributed by atoms with Crippen LogP contribution in [0.4, 0.5) is 11.6 Å². The minimum absolute atomic E-state index is 0.0398. The lowest BCUT2D eigenvalue weighted by atomic mass is 10.1. The molecule has 3 aromatic heterocycles. The van der Waals surface area contributed by atoms with Crippen molar-refractivity contribution in [2.24, 2.45) is 7.05 Å². The molecular formula is C21H23N7O. The van der Waals surface area contributed by atoms with E-state index in [1.165, 1.54) is 0 Å². The van der Waals surface area contributed by atoms with Crippen molar-refractivity contribution in [1.29, 1.82) is 0 Å². The van der Waals surface area contributed by atoms with Crippen molar-refractivity contribution in [2.45, 2.75) is 25.8 Å². The number of hydrogen-bond donors (Lipinski definition) is 1. The third kappa shape index (κ3) is 4.16. The molecule has 1 fully saturated rings. The molecule has 29 heavy (non-hydrogen) atoms. The van der Waals surface area contributed by atoms with Crippen LogP contribution in [0.3, 0.4) is 0 Å². The van der Waals surface area contributed by atoms with Crippen molar-refractivity contribution in [1.82, 2.24) is 29.6 Å². The summed E-state index contributed by atoms with van der Waals surface area (Å²) in [6.07, 6.45) is 13.8. The third-order valence-electron chi connectivity index (χ3n) is 4.97. The quantitative estimate of drug-likeness (QED) is 0.675. The Bertz CT molecular complexity index is 1040. The summed E-state index contributed by atoms with van der Waals surface area (Å²) in [6, 6.07) is 3.76. The van der Waals surface area contributed by atoms with Gasteiger partial charge in [0.15, 0.2) is 5.82 Å². The molecule has 3 aromatic rings. The fraction of sp³-hybridized carbons (Fsp3) is 0.286. The first-order valence-corrected chi connectivity index (χ1v) is 9.58. The van der Waals surface area contributed by atoms with Gasteiger partial charge >= 0.3 is 0 Å². The van der Waals surface area contributed by atoms with Crippen LogP contribution in [0.1, 0.15) is 35.7 Å². The molecule has 0 spiro atoms. The molecule has 8 nitrogen and oxygen atoms in total. The summed E-state index contributed by atoms with van der Waals surface area (Å²) >= 11 is 0. The monoisotopic (exact) mass is 389 g/mol. The van der Waals surface area contributed by atoms with Crippen molar-refractivity contribution in [3.05, 3.63) is 66.0 Å². The number of nitrogens with zero attached hydrogens (tertiary/aromatic N) is 6. The third-order valence-corrected chi connectivity index (χ3v) is 4.97. The van der Waals surface area contributed by atoms with Gasteiger partial charge in [0, 0.05) is 50.0 Å². The van der Waals surface area contributed by atoms with Crippen LogP contribution in [0.2, 0.25) is 0 Å². The van der Waals surface area contributed by atoms with Gasteiger partial charge in [0.1, 0.15) is 11.5 Å². The van der Waals surface area contributed by atoms with Gasteiger partial charge in [-0.1, -0.05) is 6.07 Å². The molecule has 8 heteroatoms. The molecule has 1 saturated heterocycles. The SMILES string of the molecule is Cc1cccnc1Nc1nccnc1C1CCCN1C(=O)/C=C/c1cnn(C)c1. The Kier molecular flexibility index (Phi) is 5.33. The Labute approximate surface area is 169 Å². The lowest BCUT2D eigenvalue weighted by Crippen LogP contribution is -2.30. The maximum absolute atomic E-state index is 12.9. The van der Waals surface area contributed by atoms with Crippen LogP contribution in [0, 0.1) is 6.92 Å². The van der Waals surface area contributed by atoms with Crippen molar-refractivity contribution in [3.8, 4) is 0 Å². The summed E-state index contributed by atoms with van der Waals surface area (Å²) in [6.45, 7) is 2.68. The van der Waals surface area contributed by atoms with Gasteiger partial charge in [-0.25, -0.2) is 9.97 Å². The second kappa shape index (κ2) is 8.22. The van der Waals surface area contributed by atoms with Crippen LogP contribution in [0.25, 0.3) is 6.08 Å². The molecule has 0 aromatic carbocycles. The van der Waals surface area contributed by atoms with E-state index in [1.807, 2.05) is 37.2 Å². The van der Waals surface area contributed by atoms with E-state index in [0.717, 1.165) is 35.5 Å². The fourth-order valence-electron chi connectivity index (χ4n) is 3.52. The number of aryl methyl sites for hydroxylation is 2. The molecule has 1 unspecified atom stereocenters. The molecule has 0 aliphatic carbocycles. The van der Waals surface area contributed by atoms with Crippen molar-refractivity contribution in [3.63, 3.8) is 0 Å². The van der Waals surface area contributed by atoms with Crippen LogP contribution in [0.15, 0.2) is 49.2 Å². The Morgan fingerprint density at radius 3 is 2.83 bits per heavy atom. The number of hydrogen-bond acceptors (Lipinski definition) is 6. The molecule has 1 amide bonds. The van der Waals surface area contributed by atoms with Crippen LogP contribution in [-0.2, 0) is 11.8 Å². The highest BCUT2D eigenvalue weighted by Crippen LogP contribution is 2.35. The van der Waals surface area contributed by atoms with E-state index < -0.39 is 0 Å². The number of nitrogens with one attached hydrogen (secondary N) is 1. The molecule has 1 aliphatic rings. The van der Waals surface area contributed by atoms with E-state index in [0.29, 0.717) is 12.4 Å². The highest BCUT2D eigenvalue weighted by molar-refractivity contribution is 5.92. The number of carbonyl (C=O) groups excluding carboxylic acids is 1. The van der Waals surface area contributed by atoms with Crippen LogP contribution in [-0.4, -0.2) is 42.1 Å². The van der Waals surface area contributed by atoms with Gasteiger partial charge in [0.05, 0.1) is 12.2 Å². The van der Waals surface area contributed by atoms with E-state index >= 15 is 0 Å².